The largest absolute Gasteiger partial charge is 0.497 e. The number of thioether (sulfide) groups is 1. The van der Waals surface area contributed by atoms with E-state index in [1.54, 1.807) is 48.9 Å². The molecule has 0 saturated carbocycles. The second-order valence-corrected chi connectivity index (χ2v) is 20.2. The van der Waals surface area contributed by atoms with Gasteiger partial charge >= 0.3 is 12.1 Å². The molecule has 0 aliphatic carbocycles. The number of alkyl carbamates (subject to hydrolysis) is 1. The van der Waals surface area contributed by atoms with Crippen LogP contribution < -0.4 is 20.7 Å². The number of oxime groups is 1. The van der Waals surface area contributed by atoms with Crippen LogP contribution in [0.4, 0.5) is 9.93 Å². The van der Waals surface area contributed by atoms with Crippen LogP contribution in [0.25, 0.3) is 0 Å². The Balaban J connectivity index is 1.03. The maximum Gasteiger partial charge on any atom is 0.407 e. The van der Waals surface area contributed by atoms with Crippen LogP contribution >= 0.6 is 23.1 Å². The second-order valence-electron chi connectivity index (χ2n) is 18.2. The minimum atomic E-state index is -1.39. The number of allylic oxidation sites excluding steroid dienone is 1. The zero-order valence-electron chi connectivity index (χ0n) is 43.1. The number of nitrogens with zero attached hydrogens (tertiary/aromatic N) is 3. The highest BCUT2D eigenvalue weighted by Crippen LogP contribution is 2.44. The first-order valence-corrected chi connectivity index (χ1v) is 27.3. The predicted molar refractivity (Wildman–Crippen MR) is 306 cm³/mol. The van der Waals surface area contributed by atoms with Gasteiger partial charge in [-0.1, -0.05) is 205 Å². The lowest BCUT2D eigenvalue weighted by atomic mass is 9.77. The van der Waals surface area contributed by atoms with Crippen molar-refractivity contribution in [2.24, 2.45) is 5.16 Å². The summed E-state index contributed by atoms with van der Waals surface area (Å²) in [5.74, 6) is -1.17. The van der Waals surface area contributed by atoms with Crippen LogP contribution in [0.5, 0.6) is 5.75 Å². The number of esters is 1. The topological polar surface area (TPSA) is 170 Å². The van der Waals surface area contributed by atoms with E-state index < -0.39 is 46.4 Å². The van der Waals surface area contributed by atoms with E-state index in [1.165, 1.54) is 35.0 Å². The van der Waals surface area contributed by atoms with Crippen molar-refractivity contribution in [3.8, 4) is 5.75 Å². The maximum atomic E-state index is 15.4. The van der Waals surface area contributed by atoms with Crippen molar-refractivity contribution in [3.05, 3.63) is 280 Å². The highest BCUT2D eigenvalue weighted by molar-refractivity contribution is 8.00. The number of β-lactam (4-membered cyclic amide) rings is 1. The Morgan fingerprint density at radius 3 is 1.70 bits per heavy atom. The molecule has 0 unspecified atom stereocenters. The monoisotopic (exact) mass is 1090 g/mol. The molecule has 0 spiro atoms. The summed E-state index contributed by atoms with van der Waals surface area (Å²) in [4.78, 5) is 69.5. The maximum absolute atomic E-state index is 15.4. The third-order valence-corrected chi connectivity index (χ3v) is 15.6. The molecule has 8 aromatic rings. The summed E-state index contributed by atoms with van der Waals surface area (Å²) in [7, 11) is 3.01. The summed E-state index contributed by atoms with van der Waals surface area (Å²) >= 11 is 2.64. The predicted octanol–water partition coefficient (Wildman–Crippen LogP) is 10.6. The van der Waals surface area contributed by atoms with Gasteiger partial charge in [0.25, 0.3) is 11.8 Å². The van der Waals surface area contributed by atoms with Crippen LogP contribution in [-0.2, 0) is 46.4 Å². The van der Waals surface area contributed by atoms with Crippen LogP contribution in [0.2, 0.25) is 0 Å². The number of thiazole rings is 1. The van der Waals surface area contributed by atoms with Crippen molar-refractivity contribution in [2.45, 2.75) is 29.2 Å². The number of rotatable bonds is 20. The number of anilines is 1. The molecular weight excluding hydrogens is 1030 g/mol. The van der Waals surface area contributed by atoms with Gasteiger partial charge < -0.3 is 35.0 Å². The number of amides is 3. The van der Waals surface area contributed by atoms with E-state index in [9.17, 15) is 14.4 Å². The van der Waals surface area contributed by atoms with Crippen molar-refractivity contribution >= 4 is 57.8 Å². The molecule has 3 heterocycles. The van der Waals surface area contributed by atoms with Crippen LogP contribution in [0, 0.1) is 0 Å². The number of hydrogen-bond acceptors (Lipinski definition) is 13. The van der Waals surface area contributed by atoms with Gasteiger partial charge in [-0.15, -0.1) is 23.1 Å². The van der Waals surface area contributed by atoms with Gasteiger partial charge in [-0.05, 0) is 46.0 Å². The van der Waals surface area contributed by atoms with E-state index in [0.717, 1.165) is 33.4 Å². The fourth-order valence-corrected chi connectivity index (χ4v) is 11.7. The minimum Gasteiger partial charge on any atom is -0.497 e. The summed E-state index contributed by atoms with van der Waals surface area (Å²) in [6.45, 7) is -0.186. The molecule has 1 saturated heterocycles. The van der Waals surface area contributed by atoms with E-state index in [0.29, 0.717) is 22.0 Å². The Bertz CT molecular complexity index is 3300. The SMILES string of the molecule is CNC(=O)OC/C=C\C1=C(C(=O)OCc2ccc(OC)cc2)N2C(=O)[C@@H](NC(=O)/C(=N\OC(c3ccccc3)(c3ccccc3)c3ccccc3)c3csc(NC(c4ccccc4)(c4ccccc4)c4ccccc4)n3)[C@H]2SC1. The van der Waals surface area contributed by atoms with Crippen molar-refractivity contribution in [1.29, 1.82) is 0 Å². The van der Waals surface area contributed by atoms with Crippen molar-refractivity contribution in [3.63, 3.8) is 0 Å². The molecule has 2 aliphatic rings. The van der Waals surface area contributed by atoms with Gasteiger partial charge in [-0.25, -0.2) is 14.6 Å². The van der Waals surface area contributed by atoms with Crippen molar-refractivity contribution < 1.29 is 38.2 Å². The van der Waals surface area contributed by atoms with Crippen LogP contribution in [0.15, 0.2) is 240 Å². The first kappa shape index (κ1) is 53.2. The van der Waals surface area contributed by atoms with Crippen LogP contribution in [0.1, 0.15) is 44.6 Å². The van der Waals surface area contributed by atoms with E-state index in [2.05, 4.69) is 52.3 Å². The smallest absolute Gasteiger partial charge is 0.407 e. The average molecular weight is 1090 g/mol. The number of carbonyl (C=O) groups is 4. The third kappa shape index (κ3) is 11.1. The standard InChI is InChI=1S/C63H54N6O8S2/c1-64-61(73)75-39-21-22-44-41-78-58-54(57(71)69(58)55(44)59(72)76-40-43-35-37-51(74-2)38-36-43)66-56(70)53(68-77-63(48-29-15-6-16-30-48,49-31-17-7-18-32-49)50-33-19-8-20-34-50)52-42-79-60(65-52)67-62(45-23-9-3-10-24-45,46-25-11-4-12-26-46)47-27-13-5-14-28-47/h3-38,42,54,58H,39-41H2,1-2H3,(H,64,73)(H,65,67)(H,66,70)/b22-21-,68-53-/t54-,58-/m1/s1. The van der Waals surface area contributed by atoms with Gasteiger partial charge in [0.1, 0.15) is 47.3 Å². The van der Waals surface area contributed by atoms with Gasteiger partial charge in [-0.2, -0.15) is 0 Å². The van der Waals surface area contributed by atoms with Gasteiger partial charge in [0, 0.05) is 34.9 Å². The summed E-state index contributed by atoms with van der Waals surface area (Å²) in [5.41, 5.74) is 3.85. The van der Waals surface area contributed by atoms with E-state index in [1.807, 2.05) is 146 Å². The molecule has 0 radical (unpaired) electrons. The molecule has 79 heavy (non-hydrogen) atoms. The number of nitrogens with one attached hydrogen (secondary N) is 3. The Kier molecular flexibility index (Phi) is 16.4. The van der Waals surface area contributed by atoms with Crippen molar-refractivity contribution in [2.75, 3.05) is 31.8 Å². The Morgan fingerprint density at radius 2 is 1.20 bits per heavy atom. The summed E-state index contributed by atoms with van der Waals surface area (Å²) < 4.78 is 16.3. The first-order chi connectivity index (χ1) is 38.7. The highest BCUT2D eigenvalue weighted by atomic mass is 32.2. The van der Waals surface area contributed by atoms with E-state index in [-0.39, 0.29) is 36.1 Å². The zero-order valence-corrected chi connectivity index (χ0v) is 44.7. The molecule has 3 amide bonds. The molecule has 2 aliphatic heterocycles. The van der Waals surface area contributed by atoms with E-state index >= 15 is 4.79 Å². The minimum absolute atomic E-state index is 0.00786. The molecule has 0 bridgehead atoms. The summed E-state index contributed by atoms with van der Waals surface area (Å²) in [6, 6.07) is 65.2. The number of hydrogen-bond donors (Lipinski definition) is 3. The van der Waals surface area contributed by atoms with Gasteiger partial charge in [0.2, 0.25) is 5.60 Å². The fraction of sp³-hybridized carbons (Fsp3) is 0.143. The van der Waals surface area contributed by atoms with Crippen molar-refractivity contribution in [1.82, 2.24) is 20.5 Å². The lowest BCUT2D eigenvalue weighted by Gasteiger charge is -2.49. The molecule has 2 atom stereocenters. The molecule has 1 aromatic heterocycles. The molecule has 1 fully saturated rings. The van der Waals surface area contributed by atoms with Crippen LogP contribution in [0.3, 0.4) is 0 Å². The molecule has 16 heteroatoms. The fourth-order valence-electron chi connectivity index (χ4n) is 9.67. The van der Waals surface area contributed by atoms with Gasteiger partial charge in [0.05, 0.1) is 7.11 Å². The van der Waals surface area contributed by atoms with E-state index in [4.69, 9.17) is 29.2 Å². The zero-order chi connectivity index (χ0) is 54.6. The first-order valence-electron chi connectivity index (χ1n) is 25.4. The second kappa shape index (κ2) is 24.4. The number of methoxy groups -OCH3 is 1. The lowest BCUT2D eigenvalue weighted by Crippen LogP contribution is -2.71. The summed E-state index contributed by atoms with van der Waals surface area (Å²) in [5, 5.41) is 15.5. The Labute approximate surface area is 465 Å². The van der Waals surface area contributed by atoms with Gasteiger partial charge in [-0.3, -0.25) is 14.5 Å². The molecule has 10 rings (SSSR count). The van der Waals surface area contributed by atoms with Gasteiger partial charge in [0.15, 0.2) is 10.8 Å². The molecular formula is C63H54N6O8S2. The molecule has 7 aromatic carbocycles. The molecule has 3 N–H and O–H groups in total. The number of fused-ring (bicyclic) bond motifs is 1. The average Bonchev–Trinajstić information content (AvgIpc) is 4.07. The molecule has 396 valence electrons. The highest BCUT2D eigenvalue weighted by Gasteiger charge is 2.55. The normalized spacial score (nSPS) is 15.3. The van der Waals surface area contributed by atoms with Crippen LogP contribution in [-0.4, -0.2) is 77.4 Å². The number of aromatic nitrogens is 1. The quantitative estimate of drug-likeness (QED) is 0.0218. The number of ether oxygens (including phenoxy) is 3. The lowest BCUT2D eigenvalue weighted by molar-refractivity contribution is -0.153. The Hall–Kier alpha value is -9.25. The Morgan fingerprint density at radius 1 is 0.696 bits per heavy atom. The number of benzene rings is 7. The summed E-state index contributed by atoms with van der Waals surface area (Å²) in [6.07, 6.45) is 2.58. The molecule has 14 nitrogen and oxygen atoms in total. The third-order valence-electron chi connectivity index (χ3n) is 13.5. The number of carbonyl (C=O) groups excluding carboxylic acids is 4.